The van der Waals surface area contributed by atoms with E-state index >= 15 is 0 Å². The number of esters is 1. The largest absolute Gasteiger partial charge is 0.462 e. The van der Waals surface area contributed by atoms with E-state index in [0.717, 1.165) is 44.4 Å². The molecule has 0 aromatic rings. The van der Waals surface area contributed by atoms with E-state index in [0.29, 0.717) is 6.04 Å². The van der Waals surface area contributed by atoms with Crippen molar-refractivity contribution in [2.24, 2.45) is 17.6 Å². The van der Waals surface area contributed by atoms with Crippen molar-refractivity contribution in [2.75, 3.05) is 0 Å². The SMILES string of the molecule is CCC1CCCC(OC(=O)C2CCC(N)CC2)C1. The minimum atomic E-state index is 0.0450. The van der Waals surface area contributed by atoms with E-state index in [1.165, 1.54) is 19.3 Å². The first-order valence-corrected chi connectivity index (χ1v) is 7.65. The maximum atomic E-state index is 12.1. The van der Waals surface area contributed by atoms with Crippen LogP contribution in [0.4, 0.5) is 0 Å². The number of ether oxygens (including phenoxy) is 1. The van der Waals surface area contributed by atoms with Crippen LogP contribution in [0.15, 0.2) is 0 Å². The normalized spacial score (nSPS) is 37.2. The number of carbonyl (C=O) groups is 1. The van der Waals surface area contributed by atoms with Crippen LogP contribution >= 0.6 is 0 Å². The Kier molecular flexibility index (Phi) is 5.04. The van der Waals surface area contributed by atoms with E-state index < -0.39 is 0 Å². The summed E-state index contributed by atoms with van der Waals surface area (Å²) in [6, 6.07) is 0.299. The molecule has 0 spiro atoms. The fourth-order valence-electron chi connectivity index (χ4n) is 3.33. The van der Waals surface area contributed by atoms with Crippen molar-refractivity contribution in [3.05, 3.63) is 0 Å². The topological polar surface area (TPSA) is 52.3 Å². The Morgan fingerprint density at radius 2 is 1.89 bits per heavy atom. The second-order valence-corrected chi connectivity index (χ2v) is 6.11. The first kappa shape index (κ1) is 13.9. The van der Waals surface area contributed by atoms with Crippen LogP contribution in [0.3, 0.4) is 0 Å². The van der Waals surface area contributed by atoms with Crippen LogP contribution in [-0.4, -0.2) is 18.1 Å². The van der Waals surface area contributed by atoms with Crippen molar-refractivity contribution < 1.29 is 9.53 Å². The van der Waals surface area contributed by atoms with Gasteiger partial charge in [-0.25, -0.2) is 0 Å². The lowest BCUT2D eigenvalue weighted by atomic mass is 9.84. The van der Waals surface area contributed by atoms with E-state index in [4.69, 9.17) is 10.5 Å². The van der Waals surface area contributed by atoms with Gasteiger partial charge in [0.2, 0.25) is 0 Å². The Labute approximate surface area is 110 Å². The second-order valence-electron chi connectivity index (χ2n) is 6.11. The fraction of sp³-hybridized carbons (Fsp3) is 0.933. The quantitative estimate of drug-likeness (QED) is 0.787. The van der Waals surface area contributed by atoms with E-state index in [1.54, 1.807) is 0 Å². The number of rotatable bonds is 3. The molecule has 2 atom stereocenters. The summed E-state index contributed by atoms with van der Waals surface area (Å²) in [7, 11) is 0. The molecule has 0 aliphatic heterocycles. The Bertz CT molecular complexity index is 272. The second kappa shape index (κ2) is 6.55. The fourth-order valence-corrected chi connectivity index (χ4v) is 3.33. The summed E-state index contributed by atoms with van der Waals surface area (Å²) < 4.78 is 5.72. The molecule has 0 amide bonds. The summed E-state index contributed by atoms with van der Waals surface area (Å²) in [5, 5.41) is 0. The van der Waals surface area contributed by atoms with Gasteiger partial charge in [0.15, 0.2) is 0 Å². The molecule has 0 bridgehead atoms. The van der Waals surface area contributed by atoms with Gasteiger partial charge in [-0.05, 0) is 50.9 Å². The van der Waals surface area contributed by atoms with Crippen molar-refractivity contribution in [3.8, 4) is 0 Å². The minimum Gasteiger partial charge on any atom is -0.462 e. The van der Waals surface area contributed by atoms with Crippen LogP contribution in [0.5, 0.6) is 0 Å². The third-order valence-electron chi connectivity index (χ3n) is 4.70. The summed E-state index contributed by atoms with van der Waals surface area (Å²) in [6.07, 6.45) is 9.86. The zero-order valence-electron chi connectivity index (χ0n) is 11.6. The highest BCUT2D eigenvalue weighted by atomic mass is 16.5. The molecule has 0 aromatic heterocycles. The van der Waals surface area contributed by atoms with Gasteiger partial charge >= 0.3 is 5.97 Å². The monoisotopic (exact) mass is 253 g/mol. The van der Waals surface area contributed by atoms with Gasteiger partial charge in [0, 0.05) is 6.04 Å². The molecular formula is C15H27NO2. The summed E-state index contributed by atoms with van der Waals surface area (Å²) in [5.74, 6) is 0.923. The third kappa shape index (κ3) is 3.71. The van der Waals surface area contributed by atoms with Gasteiger partial charge in [-0.2, -0.15) is 0 Å². The molecule has 2 rings (SSSR count). The van der Waals surface area contributed by atoms with Crippen LogP contribution < -0.4 is 5.73 Å². The van der Waals surface area contributed by atoms with Crippen molar-refractivity contribution in [2.45, 2.75) is 76.9 Å². The molecule has 0 heterocycles. The first-order valence-electron chi connectivity index (χ1n) is 7.65. The Balaban J connectivity index is 1.76. The highest BCUT2D eigenvalue weighted by Gasteiger charge is 2.29. The summed E-state index contributed by atoms with van der Waals surface area (Å²) in [4.78, 5) is 12.1. The average Bonchev–Trinajstić information content (AvgIpc) is 2.39. The zero-order chi connectivity index (χ0) is 13.0. The third-order valence-corrected chi connectivity index (χ3v) is 4.70. The highest BCUT2D eigenvalue weighted by Crippen LogP contribution is 2.30. The average molecular weight is 253 g/mol. The van der Waals surface area contributed by atoms with Crippen LogP contribution in [-0.2, 0) is 9.53 Å². The van der Waals surface area contributed by atoms with Crippen LogP contribution in [0.1, 0.15) is 64.7 Å². The number of hydrogen-bond donors (Lipinski definition) is 1. The minimum absolute atomic E-state index is 0.0450. The lowest BCUT2D eigenvalue weighted by molar-refractivity contribution is -0.157. The molecule has 3 nitrogen and oxygen atoms in total. The molecule has 2 aliphatic carbocycles. The standard InChI is InChI=1S/C15H27NO2/c1-2-11-4-3-5-14(10-11)18-15(17)12-6-8-13(16)9-7-12/h11-14H,2-10,16H2,1H3. The van der Waals surface area contributed by atoms with Gasteiger partial charge in [0.1, 0.15) is 6.10 Å². The van der Waals surface area contributed by atoms with Crippen LogP contribution in [0.2, 0.25) is 0 Å². The van der Waals surface area contributed by atoms with Gasteiger partial charge in [0.25, 0.3) is 0 Å². The Morgan fingerprint density at radius 3 is 2.56 bits per heavy atom. The van der Waals surface area contributed by atoms with Gasteiger partial charge < -0.3 is 10.5 Å². The lowest BCUT2D eigenvalue weighted by Crippen LogP contribution is -2.33. The maximum absolute atomic E-state index is 12.1. The molecule has 2 unspecified atom stereocenters. The predicted molar refractivity (Wildman–Crippen MR) is 72.1 cm³/mol. The zero-order valence-corrected chi connectivity index (χ0v) is 11.6. The van der Waals surface area contributed by atoms with E-state index in [9.17, 15) is 4.79 Å². The molecule has 2 fully saturated rings. The van der Waals surface area contributed by atoms with Crippen molar-refractivity contribution in [3.63, 3.8) is 0 Å². The maximum Gasteiger partial charge on any atom is 0.309 e. The van der Waals surface area contributed by atoms with Gasteiger partial charge in [-0.15, -0.1) is 0 Å². The summed E-state index contributed by atoms with van der Waals surface area (Å²) >= 11 is 0. The number of nitrogens with two attached hydrogens (primary N) is 1. The van der Waals surface area contributed by atoms with Gasteiger partial charge in [-0.3, -0.25) is 4.79 Å². The van der Waals surface area contributed by atoms with E-state index in [2.05, 4.69) is 6.92 Å². The molecule has 2 N–H and O–H groups in total. The molecule has 2 saturated carbocycles. The summed E-state index contributed by atoms with van der Waals surface area (Å²) in [5.41, 5.74) is 5.87. The first-order chi connectivity index (χ1) is 8.69. The molecular weight excluding hydrogens is 226 g/mol. The van der Waals surface area contributed by atoms with Crippen molar-refractivity contribution in [1.82, 2.24) is 0 Å². The molecule has 0 aromatic carbocycles. The Morgan fingerprint density at radius 1 is 1.17 bits per heavy atom. The molecule has 104 valence electrons. The molecule has 0 radical (unpaired) electrons. The van der Waals surface area contributed by atoms with Gasteiger partial charge in [0.05, 0.1) is 5.92 Å². The molecule has 0 saturated heterocycles. The van der Waals surface area contributed by atoms with Crippen molar-refractivity contribution in [1.29, 1.82) is 0 Å². The predicted octanol–water partition coefficient (Wildman–Crippen LogP) is 3.02. The van der Waals surface area contributed by atoms with Crippen LogP contribution in [0, 0.1) is 11.8 Å². The highest BCUT2D eigenvalue weighted by molar-refractivity contribution is 5.72. The van der Waals surface area contributed by atoms with E-state index in [1.807, 2.05) is 0 Å². The van der Waals surface area contributed by atoms with E-state index in [-0.39, 0.29) is 18.0 Å². The molecule has 3 heteroatoms. The van der Waals surface area contributed by atoms with Crippen molar-refractivity contribution >= 4 is 5.97 Å². The Hall–Kier alpha value is -0.570. The summed E-state index contributed by atoms with van der Waals surface area (Å²) in [6.45, 7) is 2.23. The molecule has 18 heavy (non-hydrogen) atoms. The van der Waals surface area contributed by atoms with Gasteiger partial charge in [-0.1, -0.05) is 19.8 Å². The number of carbonyl (C=O) groups excluding carboxylic acids is 1. The number of hydrogen-bond acceptors (Lipinski definition) is 3. The lowest BCUT2D eigenvalue weighted by Gasteiger charge is -2.31. The van der Waals surface area contributed by atoms with Crippen LogP contribution in [0.25, 0.3) is 0 Å². The molecule has 2 aliphatic rings. The smallest absolute Gasteiger partial charge is 0.309 e.